The zero-order valence-electron chi connectivity index (χ0n) is 8.20. The molecule has 0 unspecified atom stereocenters. The molecule has 0 bridgehead atoms. The molecule has 0 aliphatic rings. The first-order chi connectivity index (χ1) is 6.75. The molecule has 78 valence electrons. The van der Waals surface area contributed by atoms with Gasteiger partial charge in [-0.15, -0.1) is 0 Å². The van der Waals surface area contributed by atoms with Crippen LogP contribution in [0.15, 0.2) is 10.8 Å². The predicted molar refractivity (Wildman–Crippen MR) is 54.4 cm³/mol. The molecule has 1 heterocycles. The van der Waals surface area contributed by atoms with E-state index in [1.807, 2.05) is 12.3 Å². The molecule has 0 aliphatic carbocycles. The van der Waals surface area contributed by atoms with Crippen LogP contribution in [0.25, 0.3) is 0 Å². The van der Waals surface area contributed by atoms with Crippen LogP contribution in [0, 0.1) is 6.92 Å². The summed E-state index contributed by atoms with van der Waals surface area (Å²) in [7, 11) is 1.58. The maximum absolute atomic E-state index is 11.4. The van der Waals surface area contributed by atoms with E-state index in [1.165, 1.54) is 11.3 Å². The molecule has 1 rings (SSSR count). The third-order valence-electron chi connectivity index (χ3n) is 1.65. The number of amides is 1. The van der Waals surface area contributed by atoms with Gasteiger partial charge in [-0.1, -0.05) is 0 Å². The van der Waals surface area contributed by atoms with Crippen molar-refractivity contribution in [3.8, 4) is 0 Å². The molecule has 0 radical (unpaired) electrons. The minimum atomic E-state index is -0.208. The highest BCUT2D eigenvalue weighted by Crippen LogP contribution is 2.12. The van der Waals surface area contributed by atoms with Crippen molar-refractivity contribution in [2.45, 2.75) is 6.92 Å². The van der Waals surface area contributed by atoms with Gasteiger partial charge < -0.3 is 4.74 Å². The summed E-state index contributed by atoms with van der Waals surface area (Å²) in [5, 5.41) is 3.72. The van der Waals surface area contributed by atoms with Gasteiger partial charge in [-0.05, 0) is 17.9 Å². The van der Waals surface area contributed by atoms with Crippen LogP contribution in [0.3, 0.4) is 0 Å². The smallest absolute Gasteiger partial charge is 0.275 e. The van der Waals surface area contributed by atoms with Crippen molar-refractivity contribution < 1.29 is 14.4 Å². The fourth-order valence-corrected chi connectivity index (χ4v) is 1.72. The molecule has 14 heavy (non-hydrogen) atoms. The van der Waals surface area contributed by atoms with Crippen LogP contribution in [-0.2, 0) is 9.57 Å². The number of nitrogens with one attached hydrogen (secondary N) is 1. The van der Waals surface area contributed by atoms with Gasteiger partial charge in [0.15, 0.2) is 0 Å². The van der Waals surface area contributed by atoms with Gasteiger partial charge in [0, 0.05) is 12.5 Å². The summed E-state index contributed by atoms with van der Waals surface area (Å²) in [5.41, 5.74) is 3.97. The van der Waals surface area contributed by atoms with E-state index in [0.717, 1.165) is 5.56 Å². The maximum atomic E-state index is 11.4. The Kier molecular flexibility index (Phi) is 4.58. The van der Waals surface area contributed by atoms with Crippen molar-refractivity contribution in [3.63, 3.8) is 0 Å². The number of methoxy groups -OCH3 is 1. The van der Waals surface area contributed by atoms with Crippen LogP contribution in [0.4, 0.5) is 0 Å². The average molecular weight is 215 g/mol. The van der Waals surface area contributed by atoms with Crippen molar-refractivity contribution >= 4 is 17.2 Å². The number of carbonyl (C=O) groups excluding carboxylic acids is 1. The second kappa shape index (κ2) is 5.74. The minimum Gasteiger partial charge on any atom is -0.382 e. The Morgan fingerprint density at radius 3 is 2.86 bits per heavy atom. The molecule has 1 aromatic heterocycles. The first-order valence-electron chi connectivity index (χ1n) is 4.19. The summed E-state index contributed by atoms with van der Waals surface area (Å²) in [6, 6.07) is 0. The molecule has 0 aliphatic heterocycles. The topological polar surface area (TPSA) is 47.6 Å². The molecule has 1 amide bonds. The van der Waals surface area contributed by atoms with Crippen molar-refractivity contribution in [2.75, 3.05) is 20.3 Å². The van der Waals surface area contributed by atoms with Gasteiger partial charge in [-0.2, -0.15) is 11.3 Å². The van der Waals surface area contributed by atoms with E-state index in [1.54, 1.807) is 12.5 Å². The minimum absolute atomic E-state index is 0.208. The number of aryl methyl sites for hydroxylation is 1. The van der Waals surface area contributed by atoms with Crippen LogP contribution in [0.5, 0.6) is 0 Å². The summed E-state index contributed by atoms with van der Waals surface area (Å²) in [6.45, 7) is 2.70. The molecular weight excluding hydrogens is 202 g/mol. The van der Waals surface area contributed by atoms with E-state index in [0.29, 0.717) is 18.8 Å². The lowest BCUT2D eigenvalue weighted by Crippen LogP contribution is -2.25. The average Bonchev–Trinajstić information content (AvgIpc) is 2.59. The van der Waals surface area contributed by atoms with E-state index in [9.17, 15) is 4.79 Å². The van der Waals surface area contributed by atoms with Gasteiger partial charge in [0.1, 0.15) is 0 Å². The monoisotopic (exact) mass is 215 g/mol. The van der Waals surface area contributed by atoms with E-state index < -0.39 is 0 Å². The quantitative estimate of drug-likeness (QED) is 0.596. The SMILES string of the molecule is COCCONC(=O)c1cscc1C. The third-order valence-corrected chi connectivity index (χ3v) is 2.52. The summed E-state index contributed by atoms with van der Waals surface area (Å²) in [5.74, 6) is -0.208. The van der Waals surface area contributed by atoms with Gasteiger partial charge in [-0.25, -0.2) is 5.48 Å². The van der Waals surface area contributed by atoms with Crippen molar-refractivity contribution in [1.29, 1.82) is 0 Å². The Morgan fingerprint density at radius 2 is 2.29 bits per heavy atom. The van der Waals surface area contributed by atoms with E-state index in [-0.39, 0.29) is 5.91 Å². The van der Waals surface area contributed by atoms with Gasteiger partial charge in [-0.3, -0.25) is 9.63 Å². The zero-order chi connectivity index (χ0) is 10.4. The lowest BCUT2D eigenvalue weighted by molar-refractivity contribution is 0.00888. The molecular formula is C9H13NO3S. The Balaban J connectivity index is 2.32. The molecule has 0 atom stereocenters. The highest BCUT2D eigenvalue weighted by Gasteiger charge is 2.08. The molecule has 0 saturated heterocycles. The molecule has 0 aromatic carbocycles. The zero-order valence-corrected chi connectivity index (χ0v) is 9.02. The van der Waals surface area contributed by atoms with Gasteiger partial charge in [0.2, 0.25) is 0 Å². The van der Waals surface area contributed by atoms with Gasteiger partial charge >= 0.3 is 0 Å². The maximum Gasteiger partial charge on any atom is 0.275 e. The van der Waals surface area contributed by atoms with Crippen molar-refractivity contribution in [3.05, 3.63) is 21.9 Å². The Labute approximate surface area is 86.8 Å². The highest BCUT2D eigenvalue weighted by atomic mass is 32.1. The van der Waals surface area contributed by atoms with Crippen molar-refractivity contribution in [1.82, 2.24) is 5.48 Å². The fraction of sp³-hybridized carbons (Fsp3) is 0.444. The van der Waals surface area contributed by atoms with Crippen LogP contribution < -0.4 is 5.48 Å². The summed E-state index contributed by atoms with van der Waals surface area (Å²) < 4.78 is 4.76. The molecule has 4 nitrogen and oxygen atoms in total. The Bertz CT molecular complexity index is 298. The summed E-state index contributed by atoms with van der Waals surface area (Å²) >= 11 is 1.50. The molecule has 1 aromatic rings. The van der Waals surface area contributed by atoms with Crippen LogP contribution in [-0.4, -0.2) is 26.2 Å². The van der Waals surface area contributed by atoms with Crippen molar-refractivity contribution in [2.24, 2.45) is 0 Å². The Hall–Kier alpha value is -0.910. The highest BCUT2D eigenvalue weighted by molar-refractivity contribution is 7.08. The summed E-state index contributed by atoms with van der Waals surface area (Å²) in [6.07, 6.45) is 0. The molecule has 0 saturated carbocycles. The largest absolute Gasteiger partial charge is 0.382 e. The first-order valence-corrected chi connectivity index (χ1v) is 5.14. The van der Waals surface area contributed by atoms with Gasteiger partial charge in [0.25, 0.3) is 5.91 Å². The normalized spacial score (nSPS) is 10.1. The van der Waals surface area contributed by atoms with E-state index >= 15 is 0 Å². The molecule has 0 fully saturated rings. The first kappa shape index (κ1) is 11.2. The number of thiophene rings is 1. The fourth-order valence-electron chi connectivity index (χ4n) is 0.890. The van der Waals surface area contributed by atoms with Crippen LogP contribution >= 0.6 is 11.3 Å². The number of carbonyl (C=O) groups is 1. The lowest BCUT2D eigenvalue weighted by atomic mass is 10.2. The number of hydrogen-bond acceptors (Lipinski definition) is 4. The summed E-state index contributed by atoms with van der Waals surface area (Å²) in [4.78, 5) is 16.3. The third kappa shape index (κ3) is 3.10. The van der Waals surface area contributed by atoms with Gasteiger partial charge in [0.05, 0.1) is 18.8 Å². The lowest BCUT2D eigenvalue weighted by Gasteiger charge is -2.04. The van der Waals surface area contributed by atoms with E-state index in [4.69, 9.17) is 9.57 Å². The molecule has 1 N–H and O–H groups in total. The number of rotatable bonds is 5. The van der Waals surface area contributed by atoms with Crippen LogP contribution in [0.1, 0.15) is 15.9 Å². The molecule has 0 spiro atoms. The number of hydrogen-bond donors (Lipinski definition) is 1. The predicted octanol–water partition coefficient (Wildman–Crippen LogP) is 1.36. The van der Waals surface area contributed by atoms with E-state index in [2.05, 4.69) is 5.48 Å². The second-order valence-corrected chi connectivity index (χ2v) is 3.48. The Morgan fingerprint density at radius 1 is 1.50 bits per heavy atom. The second-order valence-electron chi connectivity index (χ2n) is 2.74. The number of ether oxygens (including phenoxy) is 1. The number of hydroxylamine groups is 1. The van der Waals surface area contributed by atoms with Crippen LogP contribution in [0.2, 0.25) is 0 Å². The molecule has 5 heteroatoms. The standard InChI is InChI=1S/C9H13NO3S/c1-7-5-14-6-8(7)9(11)10-13-4-3-12-2/h5-6H,3-4H2,1-2H3,(H,10,11).